The quantitative estimate of drug-likeness (QED) is 0.792. The minimum atomic E-state index is -0.727. The molecule has 2 rings (SSSR count). The number of halogens is 2. The number of esters is 1. The highest BCUT2D eigenvalue weighted by molar-refractivity contribution is 5.85. The second-order valence-electron chi connectivity index (χ2n) is 4.89. The standard InChI is InChI=1S/C11H20N2O2.2ClH/c1-15-10(14)11(12)4-6-13(7-5-11)8-9-2-3-9;;/h9H,2-8,12H2,1H3;2*1H. The molecule has 0 amide bonds. The minimum Gasteiger partial charge on any atom is -0.468 e. The molecule has 1 aliphatic heterocycles. The summed E-state index contributed by atoms with van der Waals surface area (Å²) in [6.45, 7) is 3.06. The van der Waals surface area contributed by atoms with Crippen LogP contribution in [0.2, 0.25) is 0 Å². The number of hydrogen-bond donors (Lipinski definition) is 1. The third kappa shape index (κ3) is 4.28. The molecular weight excluding hydrogens is 263 g/mol. The van der Waals surface area contributed by atoms with E-state index in [1.54, 1.807) is 0 Å². The highest BCUT2D eigenvalue weighted by Crippen LogP contribution is 2.31. The van der Waals surface area contributed by atoms with Gasteiger partial charge in [-0.1, -0.05) is 0 Å². The Morgan fingerprint density at radius 2 is 1.88 bits per heavy atom. The Labute approximate surface area is 115 Å². The van der Waals surface area contributed by atoms with Crippen LogP contribution in [0.4, 0.5) is 0 Å². The molecule has 1 saturated carbocycles. The van der Waals surface area contributed by atoms with Crippen LogP contribution in [0.15, 0.2) is 0 Å². The molecule has 1 aliphatic carbocycles. The molecule has 2 N–H and O–H groups in total. The van der Waals surface area contributed by atoms with Gasteiger partial charge in [0.2, 0.25) is 0 Å². The Balaban J connectivity index is 0.00000128. The number of hydrogen-bond acceptors (Lipinski definition) is 4. The van der Waals surface area contributed by atoms with Crippen molar-refractivity contribution in [2.45, 2.75) is 31.2 Å². The monoisotopic (exact) mass is 284 g/mol. The van der Waals surface area contributed by atoms with Crippen molar-refractivity contribution in [3.63, 3.8) is 0 Å². The average molecular weight is 285 g/mol. The molecule has 0 radical (unpaired) electrons. The smallest absolute Gasteiger partial charge is 0.325 e. The molecule has 2 aliphatic rings. The fraction of sp³-hybridized carbons (Fsp3) is 0.909. The molecule has 17 heavy (non-hydrogen) atoms. The van der Waals surface area contributed by atoms with Gasteiger partial charge >= 0.3 is 5.97 Å². The van der Waals surface area contributed by atoms with Crippen LogP contribution in [0.25, 0.3) is 0 Å². The lowest BCUT2D eigenvalue weighted by atomic mass is 9.88. The van der Waals surface area contributed by atoms with Gasteiger partial charge in [-0.3, -0.25) is 4.79 Å². The van der Waals surface area contributed by atoms with E-state index in [0.717, 1.165) is 31.8 Å². The number of ether oxygens (including phenoxy) is 1. The normalized spacial score (nSPS) is 23.2. The zero-order valence-corrected chi connectivity index (χ0v) is 11.8. The predicted octanol–water partition coefficient (Wildman–Crippen LogP) is 1.21. The van der Waals surface area contributed by atoms with Gasteiger partial charge in [-0.15, -0.1) is 24.8 Å². The van der Waals surface area contributed by atoms with Crippen LogP contribution in [-0.2, 0) is 9.53 Å². The van der Waals surface area contributed by atoms with Gasteiger partial charge in [0.1, 0.15) is 5.54 Å². The first-order valence-electron chi connectivity index (χ1n) is 5.74. The molecule has 6 heteroatoms. The van der Waals surface area contributed by atoms with E-state index < -0.39 is 5.54 Å². The number of piperidine rings is 1. The molecule has 2 fully saturated rings. The molecule has 102 valence electrons. The van der Waals surface area contributed by atoms with Crippen LogP contribution in [0, 0.1) is 5.92 Å². The lowest BCUT2D eigenvalue weighted by Crippen LogP contribution is -2.56. The summed E-state index contributed by atoms with van der Waals surface area (Å²) < 4.78 is 4.74. The lowest BCUT2D eigenvalue weighted by Gasteiger charge is -2.37. The lowest BCUT2D eigenvalue weighted by molar-refractivity contribution is -0.149. The highest BCUT2D eigenvalue weighted by Gasteiger charge is 2.39. The first kappa shape index (κ1) is 17.0. The minimum absolute atomic E-state index is 0. The van der Waals surface area contributed by atoms with E-state index in [2.05, 4.69) is 4.90 Å². The maximum atomic E-state index is 11.5. The topological polar surface area (TPSA) is 55.6 Å². The van der Waals surface area contributed by atoms with Crippen molar-refractivity contribution in [2.75, 3.05) is 26.7 Å². The summed E-state index contributed by atoms with van der Waals surface area (Å²) in [6, 6.07) is 0. The van der Waals surface area contributed by atoms with Gasteiger partial charge in [-0.25, -0.2) is 0 Å². The van der Waals surface area contributed by atoms with Crippen molar-refractivity contribution in [1.82, 2.24) is 4.90 Å². The summed E-state index contributed by atoms with van der Waals surface area (Å²) in [7, 11) is 1.41. The van der Waals surface area contributed by atoms with Crippen LogP contribution in [-0.4, -0.2) is 43.2 Å². The van der Waals surface area contributed by atoms with E-state index in [4.69, 9.17) is 10.5 Å². The van der Waals surface area contributed by atoms with E-state index in [0.29, 0.717) is 0 Å². The second-order valence-corrected chi connectivity index (χ2v) is 4.89. The zero-order valence-electron chi connectivity index (χ0n) is 10.2. The first-order chi connectivity index (χ1) is 7.14. The molecule has 0 aromatic rings. The number of nitrogens with two attached hydrogens (primary N) is 1. The van der Waals surface area contributed by atoms with Crippen molar-refractivity contribution in [1.29, 1.82) is 0 Å². The van der Waals surface area contributed by atoms with E-state index in [1.165, 1.54) is 26.5 Å². The average Bonchev–Trinajstić information content (AvgIpc) is 3.04. The van der Waals surface area contributed by atoms with Gasteiger partial charge in [0, 0.05) is 19.6 Å². The summed E-state index contributed by atoms with van der Waals surface area (Å²) in [5.74, 6) is 0.655. The number of nitrogens with zero attached hydrogens (tertiary/aromatic N) is 1. The molecule has 0 aromatic heterocycles. The molecular formula is C11H22Cl2N2O2. The van der Waals surface area contributed by atoms with Gasteiger partial charge in [-0.05, 0) is 31.6 Å². The third-order valence-corrected chi connectivity index (χ3v) is 3.55. The molecule has 0 unspecified atom stereocenters. The number of carbonyl (C=O) groups excluding carboxylic acids is 1. The number of methoxy groups -OCH3 is 1. The highest BCUT2D eigenvalue weighted by atomic mass is 35.5. The number of carbonyl (C=O) groups is 1. The molecule has 0 aromatic carbocycles. The van der Waals surface area contributed by atoms with E-state index >= 15 is 0 Å². The summed E-state index contributed by atoms with van der Waals surface area (Å²) in [4.78, 5) is 13.9. The molecule has 1 heterocycles. The van der Waals surface area contributed by atoms with E-state index in [9.17, 15) is 4.79 Å². The van der Waals surface area contributed by atoms with Gasteiger partial charge in [0.05, 0.1) is 7.11 Å². The molecule has 1 saturated heterocycles. The zero-order chi connectivity index (χ0) is 10.9. The van der Waals surface area contributed by atoms with Crippen molar-refractivity contribution < 1.29 is 9.53 Å². The van der Waals surface area contributed by atoms with Crippen LogP contribution in [0.5, 0.6) is 0 Å². The van der Waals surface area contributed by atoms with Crippen LogP contribution in [0.3, 0.4) is 0 Å². The fourth-order valence-corrected chi connectivity index (χ4v) is 2.21. The Kier molecular flexibility index (Phi) is 6.77. The first-order valence-corrected chi connectivity index (χ1v) is 5.74. The number of likely N-dealkylation sites (tertiary alicyclic amines) is 1. The van der Waals surface area contributed by atoms with Crippen LogP contribution >= 0.6 is 24.8 Å². The molecule has 4 nitrogen and oxygen atoms in total. The SMILES string of the molecule is COC(=O)C1(N)CCN(CC2CC2)CC1.Cl.Cl. The second kappa shape index (κ2) is 6.78. The number of rotatable bonds is 3. The van der Waals surface area contributed by atoms with Gasteiger partial charge in [-0.2, -0.15) is 0 Å². The Hall–Kier alpha value is -0.0300. The molecule has 0 atom stereocenters. The molecule has 0 spiro atoms. The van der Waals surface area contributed by atoms with Gasteiger partial charge in [0.15, 0.2) is 0 Å². The maximum absolute atomic E-state index is 11.5. The van der Waals surface area contributed by atoms with E-state index in [-0.39, 0.29) is 30.8 Å². The Bertz CT molecular complexity index is 252. The van der Waals surface area contributed by atoms with E-state index in [1.807, 2.05) is 0 Å². The molecule has 0 bridgehead atoms. The summed E-state index contributed by atoms with van der Waals surface area (Å²) in [5, 5.41) is 0. The largest absolute Gasteiger partial charge is 0.468 e. The summed E-state index contributed by atoms with van der Waals surface area (Å²) >= 11 is 0. The predicted molar refractivity (Wildman–Crippen MR) is 71.8 cm³/mol. The van der Waals surface area contributed by atoms with Crippen molar-refractivity contribution >= 4 is 30.8 Å². The maximum Gasteiger partial charge on any atom is 0.325 e. The van der Waals surface area contributed by atoms with Crippen LogP contribution < -0.4 is 5.73 Å². The summed E-state index contributed by atoms with van der Waals surface area (Å²) in [6.07, 6.45) is 4.21. The van der Waals surface area contributed by atoms with Crippen molar-refractivity contribution in [2.24, 2.45) is 11.7 Å². The van der Waals surface area contributed by atoms with Gasteiger partial charge < -0.3 is 15.4 Å². The Morgan fingerprint density at radius 3 is 2.29 bits per heavy atom. The van der Waals surface area contributed by atoms with Crippen molar-refractivity contribution in [3.8, 4) is 0 Å². The Morgan fingerprint density at radius 1 is 1.35 bits per heavy atom. The van der Waals surface area contributed by atoms with Crippen molar-refractivity contribution in [3.05, 3.63) is 0 Å². The fourth-order valence-electron chi connectivity index (χ4n) is 2.21. The van der Waals surface area contributed by atoms with Crippen LogP contribution in [0.1, 0.15) is 25.7 Å². The van der Waals surface area contributed by atoms with Gasteiger partial charge in [0.25, 0.3) is 0 Å². The third-order valence-electron chi connectivity index (χ3n) is 3.55. The summed E-state index contributed by atoms with van der Waals surface area (Å²) in [5.41, 5.74) is 5.29.